The number of anilines is 1. The molecule has 2 aromatic rings. The summed E-state index contributed by atoms with van der Waals surface area (Å²) in [7, 11) is 0. The van der Waals surface area contributed by atoms with Crippen LogP contribution in [0.15, 0.2) is 48.5 Å². The maximum Gasteiger partial charge on any atom is 0.411 e. The minimum Gasteiger partial charge on any atom is -0.490 e. The summed E-state index contributed by atoms with van der Waals surface area (Å²) in [4.78, 5) is 24.1. The van der Waals surface area contributed by atoms with Crippen molar-refractivity contribution < 1.29 is 23.8 Å². The molecule has 0 bridgehead atoms. The minimum atomic E-state index is -0.610. The van der Waals surface area contributed by atoms with Crippen molar-refractivity contribution in [2.45, 2.75) is 33.5 Å². The molecule has 1 N–H and O–H groups in total. The van der Waals surface area contributed by atoms with Gasteiger partial charge in [-0.1, -0.05) is 30.3 Å². The standard InChI is InChI=1S/C20H23NO5/c1-4-24-19(22)17-12-16(10-11-18(17)26-14(2)3)21-20(23)25-13-15-8-6-5-7-9-15/h5-12,14H,4,13H2,1-3H3,(H,21,23). The Morgan fingerprint density at radius 2 is 1.77 bits per heavy atom. The number of amides is 1. The predicted molar refractivity (Wildman–Crippen MR) is 98.4 cm³/mol. The van der Waals surface area contributed by atoms with Crippen molar-refractivity contribution in [1.82, 2.24) is 0 Å². The van der Waals surface area contributed by atoms with E-state index < -0.39 is 12.1 Å². The summed E-state index contributed by atoms with van der Waals surface area (Å²) < 4.78 is 15.9. The quantitative estimate of drug-likeness (QED) is 0.744. The van der Waals surface area contributed by atoms with Crippen molar-refractivity contribution in [1.29, 1.82) is 0 Å². The van der Waals surface area contributed by atoms with Crippen LogP contribution in [-0.4, -0.2) is 24.8 Å². The topological polar surface area (TPSA) is 73.9 Å². The van der Waals surface area contributed by atoms with Crippen molar-refractivity contribution in [3.05, 3.63) is 59.7 Å². The number of ether oxygens (including phenoxy) is 3. The van der Waals surface area contributed by atoms with E-state index in [9.17, 15) is 9.59 Å². The third-order valence-electron chi connectivity index (χ3n) is 3.30. The zero-order chi connectivity index (χ0) is 18.9. The molecule has 0 aliphatic carbocycles. The van der Waals surface area contributed by atoms with Crippen molar-refractivity contribution in [3.63, 3.8) is 0 Å². The first-order chi connectivity index (χ1) is 12.5. The summed E-state index contributed by atoms with van der Waals surface area (Å²) in [5, 5.41) is 2.61. The molecule has 0 heterocycles. The van der Waals surface area contributed by atoms with E-state index in [-0.39, 0.29) is 24.9 Å². The molecule has 1 amide bonds. The predicted octanol–water partition coefficient (Wildman–Crippen LogP) is 4.40. The molecule has 138 valence electrons. The first kappa shape index (κ1) is 19.3. The van der Waals surface area contributed by atoms with Crippen molar-refractivity contribution >= 4 is 17.7 Å². The Morgan fingerprint density at radius 1 is 1.04 bits per heavy atom. The van der Waals surface area contributed by atoms with E-state index in [1.807, 2.05) is 44.2 Å². The van der Waals surface area contributed by atoms with E-state index in [1.165, 1.54) is 6.07 Å². The molecule has 2 aromatic carbocycles. The van der Waals surface area contributed by atoms with Gasteiger partial charge >= 0.3 is 12.1 Å². The summed E-state index contributed by atoms with van der Waals surface area (Å²) in [6.45, 7) is 5.86. The number of rotatable bonds is 7. The second-order valence-electron chi connectivity index (χ2n) is 5.78. The van der Waals surface area contributed by atoms with E-state index in [1.54, 1.807) is 19.1 Å². The van der Waals surface area contributed by atoms with Crippen LogP contribution in [0.1, 0.15) is 36.7 Å². The lowest BCUT2D eigenvalue weighted by Gasteiger charge is -2.15. The summed E-state index contributed by atoms with van der Waals surface area (Å²) in [5.41, 5.74) is 1.55. The van der Waals surface area contributed by atoms with Crippen molar-refractivity contribution in [2.24, 2.45) is 0 Å². The zero-order valence-electron chi connectivity index (χ0n) is 15.2. The van der Waals surface area contributed by atoms with Gasteiger partial charge in [-0.2, -0.15) is 0 Å². The van der Waals surface area contributed by atoms with Gasteiger partial charge in [-0.15, -0.1) is 0 Å². The fourth-order valence-corrected chi connectivity index (χ4v) is 2.21. The summed E-state index contributed by atoms with van der Waals surface area (Å²) in [6.07, 6.45) is -0.709. The third-order valence-corrected chi connectivity index (χ3v) is 3.30. The van der Waals surface area contributed by atoms with E-state index in [0.29, 0.717) is 11.4 Å². The molecule has 26 heavy (non-hydrogen) atoms. The first-order valence-corrected chi connectivity index (χ1v) is 8.45. The van der Waals surface area contributed by atoms with Gasteiger partial charge in [0, 0.05) is 5.69 Å². The van der Waals surface area contributed by atoms with Crippen LogP contribution in [-0.2, 0) is 16.1 Å². The molecule has 0 saturated carbocycles. The lowest BCUT2D eigenvalue weighted by atomic mass is 10.1. The molecule has 0 unspecified atom stereocenters. The first-order valence-electron chi connectivity index (χ1n) is 8.45. The second-order valence-corrected chi connectivity index (χ2v) is 5.78. The van der Waals surface area contributed by atoms with Crippen LogP contribution in [0, 0.1) is 0 Å². The summed E-state index contributed by atoms with van der Waals surface area (Å²) in [5.74, 6) is -0.105. The van der Waals surface area contributed by atoms with Crippen molar-refractivity contribution in [2.75, 3.05) is 11.9 Å². The lowest BCUT2D eigenvalue weighted by Crippen LogP contribution is -2.15. The number of carbonyl (C=O) groups excluding carboxylic acids is 2. The average molecular weight is 357 g/mol. The van der Waals surface area contributed by atoms with E-state index in [4.69, 9.17) is 14.2 Å². The van der Waals surface area contributed by atoms with Gasteiger partial charge in [0.1, 0.15) is 17.9 Å². The van der Waals surface area contributed by atoms with E-state index in [2.05, 4.69) is 5.32 Å². The number of esters is 1. The molecule has 2 rings (SSSR count). The Hall–Kier alpha value is -3.02. The lowest BCUT2D eigenvalue weighted by molar-refractivity contribution is 0.0520. The van der Waals surface area contributed by atoms with Gasteiger partial charge in [-0.25, -0.2) is 9.59 Å². The fourth-order valence-electron chi connectivity index (χ4n) is 2.21. The highest BCUT2D eigenvalue weighted by Crippen LogP contribution is 2.25. The number of hydrogen-bond donors (Lipinski definition) is 1. The number of hydrogen-bond acceptors (Lipinski definition) is 5. The Kier molecular flexibility index (Phi) is 7.02. The average Bonchev–Trinajstić information content (AvgIpc) is 2.62. The maximum absolute atomic E-state index is 12.1. The molecule has 0 saturated heterocycles. The third kappa shape index (κ3) is 5.81. The molecule has 0 aliphatic heterocycles. The largest absolute Gasteiger partial charge is 0.490 e. The Balaban J connectivity index is 2.07. The highest BCUT2D eigenvalue weighted by atomic mass is 16.5. The van der Waals surface area contributed by atoms with Crippen LogP contribution in [0.3, 0.4) is 0 Å². The normalized spacial score (nSPS) is 10.3. The molecule has 0 radical (unpaired) electrons. The SMILES string of the molecule is CCOC(=O)c1cc(NC(=O)OCc2ccccc2)ccc1OC(C)C. The molecule has 0 atom stereocenters. The Bertz CT molecular complexity index is 743. The van der Waals surface area contributed by atoms with Gasteiger partial charge in [0.25, 0.3) is 0 Å². The van der Waals surface area contributed by atoms with Crippen LogP contribution < -0.4 is 10.1 Å². The fraction of sp³-hybridized carbons (Fsp3) is 0.300. The smallest absolute Gasteiger partial charge is 0.411 e. The molecule has 6 heteroatoms. The summed E-state index contributed by atoms with van der Waals surface area (Å²) >= 11 is 0. The minimum absolute atomic E-state index is 0.0992. The highest BCUT2D eigenvalue weighted by Gasteiger charge is 2.17. The Morgan fingerprint density at radius 3 is 2.42 bits per heavy atom. The molecular weight excluding hydrogens is 334 g/mol. The zero-order valence-corrected chi connectivity index (χ0v) is 15.2. The van der Waals surface area contributed by atoms with Gasteiger partial charge in [-0.05, 0) is 44.5 Å². The van der Waals surface area contributed by atoms with Crippen LogP contribution in [0.5, 0.6) is 5.75 Å². The maximum atomic E-state index is 12.1. The van der Waals surface area contributed by atoms with E-state index >= 15 is 0 Å². The number of benzene rings is 2. The van der Waals surface area contributed by atoms with Gasteiger partial charge in [0.2, 0.25) is 0 Å². The second kappa shape index (κ2) is 9.46. The molecule has 0 fully saturated rings. The van der Waals surface area contributed by atoms with Crippen LogP contribution in [0.4, 0.5) is 10.5 Å². The Labute approximate surface area is 153 Å². The van der Waals surface area contributed by atoms with E-state index in [0.717, 1.165) is 5.56 Å². The highest BCUT2D eigenvalue weighted by molar-refractivity contribution is 5.95. The molecule has 6 nitrogen and oxygen atoms in total. The molecule has 0 spiro atoms. The van der Waals surface area contributed by atoms with Crippen molar-refractivity contribution in [3.8, 4) is 5.75 Å². The molecule has 0 aromatic heterocycles. The molecular formula is C20H23NO5. The number of nitrogens with one attached hydrogen (secondary N) is 1. The van der Waals surface area contributed by atoms with Crippen LogP contribution >= 0.6 is 0 Å². The summed E-state index contributed by atoms with van der Waals surface area (Å²) in [6, 6.07) is 14.1. The monoisotopic (exact) mass is 357 g/mol. The number of carbonyl (C=O) groups is 2. The van der Waals surface area contributed by atoms with Crippen LogP contribution in [0.25, 0.3) is 0 Å². The molecule has 0 aliphatic rings. The van der Waals surface area contributed by atoms with Gasteiger partial charge in [0.05, 0.1) is 12.7 Å². The van der Waals surface area contributed by atoms with Crippen LogP contribution in [0.2, 0.25) is 0 Å². The van der Waals surface area contributed by atoms with Gasteiger partial charge in [-0.3, -0.25) is 5.32 Å². The van der Waals surface area contributed by atoms with Gasteiger partial charge in [0.15, 0.2) is 0 Å². The van der Waals surface area contributed by atoms with Gasteiger partial charge < -0.3 is 14.2 Å².